The van der Waals surface area contributed by atoms with Crippen LogP contribution in [0, 0.1) is 34.5 Å². The number of benzene rings is 1. The summed E-state index contributed by atoms with van der Waals surface area (Å²) in [6.07, 6.45) is 1.60. The summed E-state index contributed by atoms with van der Waals surface area (Å²) >= 11 is 0. The van der Waals surface area contributed by atoms with Crippen LogP contribution in [-0.2, 0) is 7.05 Å². The van der Waals surface area contributed by atoms with E-state index in [2.05, 4.69) is 4.98 Å². The summed E-state index contributed by atoms with van der Waals surface area (Å²) in [6.45, 7) is 0.893. The molecule has 0 unspecified atom stereocenters. The first kappa shape index (κ1) is 10.3. The number of pyridine rings is 2. The van der Waals surface area contributed by atoms with Gasteiger partial charge in [0.05, 0.1) is 5.56 Å². The highest BCUT2D eigenvalue weighted by Gasteiger charge is 2.23. The number of hydrogen-bond acceptors (Lipinski definition) is 2. The second kappa shape index (κ2) is 5.41. The largest absolute Gasteiger partial charge is 0.437 e. The molecule has 3 heteroatoms. The number of hydrogen-bond donors (Lipinski definition) is 0. The first-order valence-electron chi connectivity index (χ1n) is 11.1. The molecule has 4 rings (SSSR count). The number of fused-ring (bicyclic) bond motifs is 3. The highest BCUT2D eigenvalue weighted by atomic mass is 16.3. The molecule has 0 atom stereocenters. The third-order valence-electron chi connectivity index (χ3n) is 4.68. The van der Waals surface area contributed by atoms with Crippen molar-refractivity contribution in [1.29, 1.82) is 0 Å². The smallest absolute Gasteiger partial charge is 0.227 e. The lowest BCUT2D eigenvalue weighted by atomic mass is 9.96. The van der Waals surface area contributed by atoms with Gasteiger partial charge in [0.1, 0.15) is 7.05 Å². The molecule has 0 radical (unpaired) electrons. The Morgan fingerprint density at radius 1 is 1.00 bits per heavy atom. The lowest BCUT2D eigenvalue weighted by Crippen LogP contribution is -2.31. The van der Waals surface area contributed by atoms with Gasteiger partial charge in [-0.05, 0) is 63.3 Å². The van der Waals surface area contributed by atoms with Crippen LogP contribution < -0.4 is 4.57 Å². The molecule has 0 aliphatic heterocycles. The molecule has 0 saturated heterocycles. The second-order valence-electron chi connectivity index (χ2n) is 6.59. The quantitative estimate of drug-likeness (QED) is 0.457. The summed E-state index contributed by atoms with van der Waals surface area (Å²) in [5, 5.41) is 1.16. The Balaban J connectivity index is 2.15. The molecule has 3 aromatic heterocycles. The van der Waals surface area contributed by atoms with E-state index in [0.717, 1.165) is 22.5 Å². The summed E-state index contributed by atoms with van der Waals surface area (Å²) in [5.74, 6) is 0. The highest BCUT2D eigenvalue weighted by Crippen LogP contribution is 2.38. The van der Waals surface area contributed by atoms with E-state index in [9.17, 15) is 0 Å². The Labute approximate surface area is 156 Å². The summed E-state index contributed by atoms with van der Waals surface area (Å²) < 4.78 is 55.4. The van der Waals surface area contributed by atoms with Crippen LogP contribution in [0.3, 0.4) is 0 Å². The van der Waals surface area contributed by atoms with Crippen LogP contribution in [0.4, 0.5) is 0 Å². The van der Waals surface area contributed by atoms with Gasteiger partial charge in [0.2, 0.25) is 11.4 Å². The SMILES string of the molecule is [2H]C([2H])([2H])c1c[n+](C)c(-c2c(C)cc(C([2H])([2H])[2H])c3c2oc2nc(C)ccc23)cc1C. The molecule has 0 amide bonds. The van der Waals surface area contributed by atoms with E-state index in [4.69, 9.17) is 12.6 Å². The molecule has 0 spiro atoms. The molecule has 126 valence electrons. The van der Waals surface area contributed by atoms with Gasteiger partial charge < -0.3 is 4.42 Å². The Hall–Kier alpha value is -2.68. The standard InChI is InChI=1S/C22H23N2O/c1-12-10-18(24(6)11-15(12)4)20-14(3)9-13(2)19-17-8-7-16(5)23-22(17)25-21(19)20/h7-11H,1-6H3/q+1/i2D3,4D3. The molecule has 4 aromatic rings. The lowest BCUT2D eigenvalue weighted by Gasteiger charge is -2.09. The van der Waals surface area contributed by atoms with Gasteiger partial charge in [-0.2, -0.15) is 0 Å². The van der Waals surface area contributed by atoms with Crippen molar-refractivity contribution in [3.05, 3.63) is 58.4 Å². The van der Waals surface area contributed by atoms with E-state index >= 15 is 0 Å². The number of rotatable bonds is 1. The average Bonchev–Trinajstić information content (AvgIpc) is 2.99. The zero-order valence-electron chi connectivity index (χ0n) is 20.7. The van der Waals surface area contributed by atoms with Crippen molar-refractivity contribution >= 4 is 22.1 Å². The van der Waals surface area contributed by atoms with Crippen molar-refractivity contribution in [2.45, 2.75) is 34.5 Å². The van der Waals surface area contributed by atoms with Gasteiger partial charge in [-0.1, -0.05) is 6.07 Å². The second-order valence-corrected chi connectivity index (χ2v) is 6.59. The normalized spacial score (nSPS) is 16.2. The molecule has 0 aliphatic carbocycles. The van der Waals surface area contributed by atoms with Gasteiger partial charge in [-0.15, -0.1) is 0 Å². The fourth-order valence-electron chi connectivity index (χ4n) is 3.37. The van der Waals surface area contributed by atoms with Crippen LogP contribution in [0.15, 0.2) is 34.9 Å². The van der Waals surface area contributed by atoms with Crippen molar-refractivity contribution in [2.75, 3.05) is 0 Å². The van der Waals surface area contributed by atoms with E-state index in [1.807, 2.05) is 32.0 Å². The zero-order valence-corrected chi connectivity index (χ0v) is 14.7. The summed E-state index contributed by atoms with van der Waals surface area (Å²) in [5.41, 5.74) is 4.89. The van der Waals surface area contributed by atoms with E-state index in [-0.39, 0.29) is 11.1 Å². The maximum absolute atomic E-state index is 8.06. The van der Waals surface area contributed by atoms with E-state index in [1.54, 1.807) is 30.8 Å². The number of aryl methyl sites for hydroxylation is 6. The van der Waals surface area contributed by atoms with Gasteiger partial charge in [0.25, 0.3) is 0 Å². The third-order valence-corrected chi connectivity index (χ3v) is 4.68. The summed E-state index contributed by atoms with van der Waals surface area (Å²) in [4.78, 5) is 4.46. The van der Waals surface area contributed by atoms with Crippen molar-refractivity contribution in [3.8, 4) is 11.3 Å². The van der Waals surface area contributed by atoms with Gasteiger partial charge >= 0.3 is 0 Å². The third kappa shape index (κ3) is 2.34. The van der Waals surface area contributed by atoms with Crippen molar-refractivity contribution < 1.29 is 17.2 Å². The monoisotopic (exact) mass is 337 g/mol. The van der Waals surface area contributed by atoms with Crippen LogP contribution in [0.5, 0.6) is 0 Å². The minimum atomic E-state index is -2.33. The molecule has 3 nitrogen and oxygen atoms in total. The molecule has 0 saturated carbocycles. The Morgan fingerprint density at radius 2 is 1.80 bits per heavy atom. The Morgan fingerprint density at radius 3 is 2.56 bits per heavy atom. The minimum Gasteiger partial charge on any atom is -0.437 e. The topological polar surface area (TPSA) is 29.9 Å². The predicted octanol–water partition coefficient (Wildman–Crippen LogP) is 5.01. The molecule has 0 N–H and O–H groups in total. The number of furan rings is 1. The lowest BCUT2D eigenvalue weighted by molar-refractivity contribution is -0.660. The maximum atomic E-state index is 8.06. The van der Waals surface area contributed by atoms with Crippen LogP contribution in [0.2, 0.25) is 0 Å². The molecule has 3 heterocycles. The molecular formula is C22H23N2O+. The average molecular weight is 337 g/mol. The summed E-state index contributed by atoms with van der Waals surface area (Å²) in [6, 6.07) is 7.15. The zero-order chi connectivity index (χ0) is 22.9. The van der Waals surface area contributed by atoms with Gasteiger partial charge in [-0.25, -0.2) is 9.55 Å². The predicted molar refractivity (Wildman–Crippen MR) is 102 cm³/mol. The number of nitrogens with zero attached hydrogens (tertiary/aromatic N) is 2. The fraction of sp³-hybridized carbons (Fsp3) is 0.273. The van der Waals surface area contributed by atoms with Crippen LogP contribution in [0.1, 0.15) is 36.2 Å². The van der Waals surface area contributed by atoms with Gasteiger partial charge in [0, 0.05) is 36.3 Å². The van der Waals surface area contributed by atoms with Crippen molar-refractivity contribution in [1.82, 2.24) is 4.98 Å². The van der Waals surface area contributed by atoms with Crippen LogP contribution in [0.25, 0.3) is 33.3 Å². The molecule has 0 fully saturated rings. The first-order chi connectivity index (χ1) is 14.3. The Bertz CT molecular complexity index is 1350. The molecule has 0 aliphatic rings. The van der Waals surface area contributed by atoms with Crippen molar-refractivity contribution in [3.63, 3.8) is 0 Å². The number of aromatic nitrogens is 2. The van der Waals surface area contributed by atoms with Gasteiger partial charge in [0.15, 0.2) is 11.8 Å². The van der Waals surface area contributed by atoms with Crippen LogP contribution in [-0.4, -0.2) is 4.98 Å². The minimum absolute atomic E-state index is 0.214. The highest BCUT2D eigenvalue weighted by molar-refractivity contribution is 6.10. The van der Waals surface area contributed by atoms with E-state index in [1.165, 1.54) is 0 Å². The first-order valence-corrected chi connectivity index (χ1v) is 8.14. The molecule has 1 aromatic carbocycles. The van der Waals surface area contributed by atoms with Crippen molar-refractivity contribution in [2.24, 2.45) is 7.05 Å². The molecule has 0 bridgehead atoms. The molecule has 25 heavy (non-hydrogen) atoms. The Kier molecular flexibility index (Phi) is 2.24. The summed E-state index contributed by atoms with van der Waals surface area (Å²) in [7, 11) is 1.78. The van der Waals surface area contributed by atoms with Crippen LogP contribution >= 0.6 is 0 Å². The maximum Gasteiger partial charge on any atom is 0.227 e. The van der Waals surface area contributed by atoms with E-state index < -0.39 is 13.7 Å². The van der Waals surface area contributed by atoms with Gasteiger partial charge in [-0.3, -0.25) is 0 Å². The fourth-order valence-corrected chi connectivity index (χ4v) is 3.37. The molecular weight excluding hydrogens is 308 g/mol. The van der Waals surface area contributed by atoms with E-state index in [0.29, 0.717) is 27.6 Å².